The molecule has 0 aromatic rings. The van der Waals surface area contributed by atoms with Gasteiger partial charge in [-0.3, -0.25) is 4.79 Å². The number of nitrogens with zero attached hydrogens (tertiary/aromatic N) is 1. The molecular formula is C13H22ClFN2O2. The number of fused-ring (bicyclic) bond motifs is 1. The van der Waals surface area contributed by atoms with Crippen LogP contribution in [0.2, 0.25) is 0 Å². The largest absolute Gasteiger partial charge is 0.380 e. The van der Waals surface area contributed by atoms with Gasteiger partial charge in [0.25, 0.3) is 0 Å². The molecular weight excluding hydrogens is 271 g/mol. The van der Waals surface area contributed by atoms with Crippen LogP contribution in [0.15, 0.2) is 0 Å². The van der Waals surface area contributed by atoms with Gasteiger partial charge in [-0.1, -0.05) is 0 Å². The molecule has 19 heavy (non-hydrogen) atoms. The highest BCUT2D eigenvalue weighted by molar-refractivity contribution is 5.85. The first kappa shape index (κ1) is 15.0. The number of halogens is 2. The van der Waals surface area contributed by atoms with Gasteiger partial charge in [-0.15, -0.1) is 12.4 Å². The van der Waals surface area contributed by atoms with E-state index in [2.05, 4.69) is 5.32 Å². The number of piperidine rings is 1. The number of likely N-dealkylation sites (tertiary alicyclic amines) is 1. The summed E-state index contributed by atoms with van der Waals surface area (Å²) in [6.07, 6.45) is 0.259. The van der Waals surface area contributed by atoms with E-state index in [0.717, 1.165) is 19.7 Å². The average Bonchev–Trinajstić information content (AvgIpc) is 2.87. The van der Waals surface area contributed by atoms with Gasteiger partial charge in [-0.25, -0.2) is 4.39 Å². The van der Waals surface area contributed by atoms with Crippen molar-refractivity contribution in [2.24, 2.45) is 17.8 Å². The third kappa shape index (κ3) is 3.03. The molecule has 0 bridgehead atoms. The van der Waals surface area contributed by atoms with E-state index in [4.69, 9.17) is 4.74 Å². The summed E-state index contributed by atoms with van der Waals surface area (Å²) in [6.45, 7) is 4.33. The molecule has 110 valence electrons. The van der Waals surface area contributed by atoms with E-state index < -0.39 is 6.17 Å². The van der Waals surface area contributed by atoms with Crippen molar-refractivity contribution >= 4 is 18.3 Å². The lowest BCUT2D eigenvalue weighted by Crippen LogP contribution is -2.48. The minimum absolute atomic E-state index is 0. The van der Waals surface area contributed by atoms with Crippen LogP contribution in [-0.4, -0.2) is 56.4 Å². The molecule has 3 heterocycles. The molecule has 0 aliphatic carbocycles. The van der Waals surface area contributed by atoms with Crippen LogP contribution in [0.3, 0.4) is 0 Å². The van der Waals surface area contributed by atoms with Crippen LogP contribution < -0.4 is 5.32 Å². The zero-order valence-corrected chi connectivity index (χ0v) is 11.8. The first-order chi connectivity index (χ1) is 8.75. The lowest BCUT2D eigenvalue weighted by molar-refractivity contribution is -0.145. The molecule has 3 saturated heterocycles. The zero-order chi connectivity index (χ0) is 12.5. The second-order valence-corrected chi connectivity index (χ2v) is 5.73. The van der Waals surface area contributed by atoms with E-state index in [-0.39, 0.29) is 24.2 Å². The molecule has 0 saturated carbocycles. The molecule has 0 aromatic heterocycles. The number of alkyl halides is 1. The first-order valence-electron chi connectivity index (χ1n) is 6.97. The van der Waals surface area contributed by atoms with Gasteiger partial charge in [0.05, 0.1) is 19.1 Å². The molecule has 3 rings (SSSR count). The van der Waals surface area contributed by atoms with Gasteiger partial charge in [0.1, 0.15) is 6.17 Å². The minimum Gasteiger partial charge on any atom is -0.380 e. The lowest BCUT2D eigenvalue weighted by atomic mass is 9.81. The van der Waals surface area contributed by atoms with Crippen molar-refractivity contribution < 1.29 is 13.9 Å². The lowest BCUT2D eigenvalue weighted by Gasteiger charge is -2.37. The zero-order valence-electron chi connectivity index (χ0n) is 11.0. The molecule has 0 radical (unpaired) electrons. The van der Waals surface area contributed by atoms with Crippen LogP contribution in [0.1, 0.15) is 12.8 Å². The van der Waals surface area contributed by atoms with Gasteiger partial charge < -0.3 is 15.0 Å². The monoisotopic (exact) mass is 292 g/mol. The number of nitrogens with one attached hydrogen (secondary N) is 1. The Hall–Kier alpha value is -0.390. The van der Waals surface area contributed by atoms with Gasteiger partial charge in [0.2, 0.25) is 5.91 Å². The second-order valence-electron chi connectivity index (χ2n) is 5.73. The Bertz CT molecular complexity index is 324. The Morgan fingerprint density at radius 1 is 1.21 bits per heavy atom. The van der Waals surface area contributed by atoms with E-state index in [0.29, 0.717) is 44.4 Å². The van der Waals surface area contributed by atoms with Crippen LogP contribution in [0.4, 0.5) is 4.39 Å². The van der Waals surface area contributed by atoms with E-state index in [1.54, 1.807) is 0 Å². The van der Waals surface area contributed by atoms with Crippen LogP contribution >= 0.6 is 12.4 Å². The standard InChI is InChI=1S/C13H21FN2O2.ClH/c14-10-1-3-16(4-2-10)13(17)12-8-18-7-9-5-15-6-11(9)12;/h9-12,15H,1-8H2;1H/t9-,11-,12+;/m1./s1. The Kier molecular flexibility index (Phi) is 5.03. The van der Waals surface area contributed by atoms with Crippen molar-refractivity contribution in [3.05, 3.63) is 0 Å². The van der Waals surface area contributed by atoms with Gasteiger partial charge in [0.15, 0.2) is 0 Å². The Labute approximate surface area is 119 Å². The van der Waals surface area contributed by atoms with Crippen molar-refractivity contribution in [1.29, 1.82) is 0 Å². The molecule has 0 spiro atoms. The van der Waals surface area contributed by atoms with Gasteiger partial charge >= 0.3 is 0 Å². The number of carbonyl (C=O) groups excluding carboxylic acids is 1. The highest BCUT2D eigenvalue weighted by Crippen LogP contribution is 2.32. The maximum absolute atomic E-state index is 13.1. The molecule has 3 fully saturated rings. The van der Waals surface area contributed by atoms with Crippen molar-refractivity contribution in [2.75, 3.05) is 39.4 Å². The summed E-state index contributed by atoms with van der Waals surface area (Å²) in [7, 11) is 0. The quantitative estimate of drug-likeness (QED) is 0.779. The van der Waals surface area contributed by atoms with Gasteiger partial charge in [0, 0.05) is 19.6 Å². The molecule has 6 heteroatoms. The van der Waals surface area contributed by atoms with Gasteiger partial charge in [-0.2, -0.15) is 0 Å². The van der Waals surface area contributed by atoms with Gasteiger partial charge in [-0.05, 0) is 31.2 Å². The van der Waals surface area contributed by atoms with E-state index in [9.17, 15) is 9.18 Å². The molecule has 1 amide bonds. The molecule has 0 unspecified atom stereocenters. The van der Waals surface area contributed by atoms with Crippen LogP contribution in [0, 0.1) is 17.8 Å². The Balaban J connectivity index is 0.00000133. The smallest absolute Gasteiger partial charge is 0.228 e. The predicted molar refractivity (Wildman–Crippen MR) is 72.1 cm³/mol. The normalized spacial score (nSPS) is 35.6. The summed E-state index contributed by atoms with van der Waals surface area (Å²) in [6, 6.07) is 0. The summed E-state index contributed by atoms with van der Waals surface area (Å²) in [5.74, 6) is 1.05. The highest BCUT2D eigenvalue weighted by atomic mass is 35.5. The average molecular weight is 293 g/mol. The summed E-state index contributed by atoms with van der Waals surface area (Å²) in [5, 5.41) is 3.35. The number of hydrogen-bond donors (Lipinski definition) is 1. The third-order valence-electron chi connectivity index (χ3n) is 4.59. The predicted octanol–water partition coefficient (Wildman–Crippen LogP) is 0.851. The Morgan fingerprint density at radius 3 is 2.68 bits per heavy atom. The number of amides is 1. The van der Waals surface area contributed by atoms with E-state index in [1.165, 1.54) is 0 Å². The molecule has 0 aromatic carbocycles. The first-order valence-corrected chi connectivity index (χ1v) is 6.97. The number of ether oxygens (including phenoxy) is 1. The summed E-state index contributed by atoms with van der Waals surface area (Å²) >= 11 is 0. The number of carbonyl (C=O) groups is 1. The topological polar surface area (TPSA) is 41.6 Å². The summed E-state index contributed by atoms with van der Waals surface area (Å²) < 4.78 is 18.7. The van der Waals surface area contributed by atoms with Crippen molar-refractivity contribution in [3.8, 4) is 0 Å². The maximum atomic E-state index is 13.1. The summed E-state index contributed by atoms with van der Waals surface area (Å²) in [4.78, 5) is 14.3. The summed E-state index contributed by atoms with van der Waals surface area (Å²) in [5.41, 5.74) is 0. The molecule has 1 N–H and O–H groups in total. The van der Waals surface area contributed by atoms with Crippen molar-refractivity contribution in [2.45, 2.75) is 19.0 Å². The Morgan fingerprint density at radius 2 is 1.95 bits per heavy atom. The molecule has 3 aliphatic heterocycles. The number of rotatable bonds is 1. The number of hydrogen-bond acceptors (Lipinski definition) is 3. The second kappa shape index (κ2) is 6.37. The van der Waals surface area contributed by atoms with E-state index in [1.807, 2.05) is 4.90 Å². The molecule has 3 atom stereocenters. The van der Waals surface area contributed by atoms with Crippen LogP contribution in [0.25, 0.3) is 0 Å². The van der Waals surface area contributed by atoms with Crippen molar-refractivity contribution in [1.82, 2.24) is 10.2 Å². The highest BCUT2D eigenvalue weighted by Gasteiger charge is 2.42. The fourth-order valence-corrected chi connectivity index (χ4v) is 3.43. The molecule has 4 nitrogen and oxygen atoms in total. The SMILES string of the molecule is Cl.O=C([C@H]1COC[C@H]2CNC[C@H]21)N1CCC(F)CC1. The fourth-order valence-electron chi connectivity index (χ4n) is 3.43. The minimum atomic E-state index is -0.724. The maximum Gasteiger partial charge on any atom is 0.228 e. The fraction of sp³-hybridized carbons (Fsp3) is 0.923. The van der Waals surface area contributed by atoms with Crippen molar-refractivity contribution in [3.63, 3.8) is 0 Å². The van der Waals surface area contributed by atoms with E-state index >= 15 is 0 Å². The van der Waals surface area contributed by atoms with Crippen LogP contribution in [0.5, 0.6) is 0 Å². The molecule has 3 aliphatic rings. The third-order valence-corrected chi connectivity index (χ3v) is 4.59. The van der Waals surface area contributed by atoms with Crippen LogP contribution in [-0.2, 0) is 9.53 Å².